The molecule has 0 bridgehead atoms. The van der Waals surface area contributed by atoms with E-state index in [0.29, 0.717) is 26.0 Å². The molecule has 1 N–H and O–H groups in total. The summed E-state index contributed by atoms with van der Waals surface area (Å²) < 4.78 is 40.2. The largest absolute Gasteiger partial charge is 0.497 e. The lowest BCUT2D eigenvalue weighted by molar-refractivity contribution is -0.143. The molecule has 0 aliphatic carbocycles. The van der Waals surface area contributed by atoms with E-state index >= 15 is 0 Å². The predicted octanol–water partition coefficient (Wildman–Crippen LogP) is 5.12. The standard InChI is InChI=1S/C25H21Cl2N3O6S2/c1-3-36-21(31)14-30-22-19(26)11-12-20(27)23(22)37-25(30)28-24(32)15-5-4-6-16(13-15)29-38(33,34)18-9-7-17(35-2)8-10-18/h4-13,29H,3,14H2,1-2H3. The molecule has 198 valence electrons. The number of nitrogens with zero attached hydrogens (tertiary/aromatic N) is 2. The van der Waals surface area contributed by atoms with Crippen molar-refractivity contribution in [2.45, 2.75) is 18.4 Å². The number of ether oxygens (including phenoxy) is 2. The van der Waals surface area contributed by atoms with Crippen molar-refractivity contribution in [3.63, 3.8) is 0 Å². The number of hydrogen-bond donors (Lipinski definition) is 1. The molecule has 1 aromatic heterocycles. The van der Waals surface area contributed by atoms with E-state index < -0.39 is 21.9 Å². The smallest absolute Gasteiger partial charge is 0.326 e. The van der Waals surface area contributed by atoms with E-state index in [2.05, 4.69) is 9.71 Å². The van der Waals surface area contributed by atoms with Crippen LogP contribution in [-0.2, 0) is 26.1 Å². The Morgan fingerprint density at radius 3 is 2.45 bits per heavy atom. The lowest BCUT2D eigenvalue weighted by Gasteiger charge is -2.09. The number of amides is 1. The molecule has 13 heteroatoms. The first kappa shape index (κ1) is 27.6. The number of benzene rings is 3. The van der Waals surface area contributed by atoms with Crippen molar-refractivity contribution in [1.29, 1.82) is 0 Å². The molecule has 9 nitrogen and oxygen atoms in total. The summed E-state index contributed by atoms with van der Waals surface area (Å²) in [4.78, 5) is 29.8. The highest BCUT2D eigenvalue weighted by Crippen LogP contribution is 2.32. The van der Waals surface area contributed by atoms with Gasteiger partial charge in [-0.25, -0.2) is 8.42 Å². The number of methoxy groups -OCH3 is 1. The number of fused-ring (bicyclic) bond motifs is 1. The third kappa shape index (κ3) is 6.02. The minimum atomic E-state index is -3.92. The molecule has 0 aliphatic heterocycles. The zero-order valence-corrected chi connectivity index (χ0v) is 23.2. The Hall–Kier alpha value is -3.38. The third-order valence-electron chi connectivity index (χ3n) is 5.25. The SMILES string of the molecule is CCOC(=O)Cn1c(=NC(=O)c2cccc(NS(=O)(=O)c3ccc(OC)cc3)c2)sc2c(Cl)ccc(Cl)c21. The Morgan fingerprint density at radius 2 is 1.76 bits per heavy atom. The quantitative estimate of drug-likeness (QED) is 0.283. The van der Waals surface area contributed by atoms with Crippen molar-refractivity contribution in [3.05, 3.63) is 81.1 Å². The number of rotatable bonds is 8. The Kier molecular flexibility index (Phi) is 8.41. The molecule has 4 aromatic rings. The lowest BCUT2D eigenvalue weighted by Crippen LogP contribution is -2.23. The highest BCUT2D eigenvalue weighted by Gasteiger charge is 2.18. The van der Waals surface area contributed by atoms with Gasteiger partial charge in [0.15, 0.2) is 4.80 Å². The van der Waals surface area contributed by atoms with Gasteiger partial charge in [-0.1, -0.05) is 40.6 Å². The number of esters is 1. The maximum atomic E-state index is 13.1. The van der Waals surface area contributed by atoms with E-state index in [0.717, 1.165) is 11.3 Å². The molecular weight excluding hydrogens is 573 g/mol. The van der Waals surface area contributed by atoms with Crippen LogP contribution >= 0.6 is 34.5 Å². The van der Waals surface area contributed by atoms with Crippen molar-refractivity contribution in [1.82, 2.24) is 4.57 Å². The molecule has 1 amide bonds. The average molecular weight is 594 g/mol. The van der Waals surface area contributed by atoms with Crippen LogP contribution in [0.2, 0.25) is 10.0 Å². The number of nitrogens with one attached hydrogen (secondary N) is 1. The summed E-state index contributed by atoms with van der Waals surface area (Å²) in [6.45, 7) is 1.63. The monoisotopic (exact) mass is 593 g/mol. The molecular formula is C25H21Cl2N3O6S2. The van der Waals surface area contributed by atoms with E-state index in [1.165, 1.54) is 60.2 Å². The topological polar surface area (TPSA) is 116 Å². The van der Waals surface area contributed by atoms with Gasteiger partial charge < -0.3 is 14.0 Å². The van der Waals surface area contributed by atoms with Gasteiger partial charge in [-0.2, -0.15) is 4.99 Å². The minimum absolute atomic E-state index is 0.0266. The molecule has 0 fully saturated rings. The number of hydrogen-bond acceptors (Lipinski definition) is 7. The summed E-state index contributed by atoms with van der Waals surface area (Å²) in [5.74, 6) is -0.679. The summed E-state index contributed by atoms with van der Waals surface area (Å²) in [6.07, 6.45) is 0. The van der Waals surface area contributed by atoms with Crippen molar-refractivity contribution < 1.29 is 27.5 Å². The minimum Gasteiger partial charge on any atom is -0.497 e. The molecule has 4 rings (SSSR count). The number of halogens is 2. The second kappa shape index (κ2) is 11.6. The lowest BCUT2D eigenvalue weighted by atomic mass is 10.2. The van der Waals surface area contributed by atoms with Crippen LogP contribution in [0.1, 0.15) is 17.3 Å². The van der Waals surface area contributed by atoms with Gasteiger partial charge in [0.1, 0.15) is 12.3 Å². The molecule has 0 unspecified atom stereocenters. The number of thiazole rings is 1. The van der Waals surface area contributed by atoms with Crippen LogP contribution in [-0.4, -0.2) is 38.6 Å². The number of anilines is 1. The Morgan fingerprint density at radius 1 is 1.05 bits per heavy atom. The molecule has 38 heavy (non-hydrogen) atoms. The van der Waals surface area contributed by atoms with Crippen molar-refractivity contribution >= 4 is 72.3 Å². The molecule has 1 heterocycles. The first-order chi connectivity index (χ1) is 18.1. The summed E-state index contributed by atoms with van der Waals surface area (Å²) >= 11 is 13.8. The van der Waals surface area contributed by atoms with E-state index in [1.807, 2.05) is 0 Å². The van der Waals surface area contributed by atoms with Gasteiger partial charge in [-0.15, -0.1) is 0 Å². The highest BCUT2D eigenvalue weighted by atomic mass is 35.5. The van der Waals surface area contributed by atoms with Crippen LogP contribution in [0.5, 0.6) is 5.75 Å². The second-order valence-electron chi connectivity index (χ2n) is 7.76. The van der Waals surface area contributed by atoms with Gasteiger partial charge in [0, 0.05) is 11.3 Å². The average Bonchev–Trinajstić information content (AvgIpc) is 3.25. The first-order valence-electron chi connectivity index (χ1n) is 11.1. The fraction of sp³-hybridized carbons (Fsp3) is 0.160. The fourth-order valence-electron chi connectivity index (χ4n) is 3.51. The zero-order chi connectivity index (χ0) is 27.4. The molecule has 0 atom stereocenters. The molecule has 0 spiro atoms. The fourth-order valence-corrected chi connectivity index (χ4v) is 6.21. The number of aromatic nitrogens is 1. The second-order valence-corrected chi connectivity index (χ2v) is 11.2. The number of carbonyl (C=O) groups excluding carboxylic acids is 2. The van der Waals surface area contributed by atoms with Crippen LogP contribution in [0, 0.1) is 0 Å². The van der Waals surface area contributed by atoms with Crippen LogP contribution < -0.4 is 14.3 Å². The summed E-state index contributed by atoms with van der Waals surface area (Å²) in [6, 6.07) is 15.0. The molecule has 0 aliphatic rings. The predicted molar refractivity (Wildman–Crippen MR) is 147 cm³/mol. The van der Waals surface area contributed by atoms with Gasteiger partial charge >= 0.3 is 5.97 Å². The van der Waals surface area contributed by atoms with Crippen LogP contribution in [0.25, 0.3) is 10.2 Å². The van der Waals surface area contributed by atoms with Crippen molar-refractivity contribution in [2.24, 2.45) is 4.99 Å². The Balaban J connectivity index is 1.70. The van der Waals surface area contributed by atoms with Crippen LogP contribution in [0.3, 0.4) is 0 Å². The van der Waals surface area contributed by atoms with Gasteiger partial charge in [0.05, 0.1) is 38.9 Å². The highest BCUT2D eigenvalue weighted by molar-refractivity contribution is 7.92. The zero-order valence-electron chi connectivity index (χ0n) is 20.1. The van der Waals surface area contributed by atoms with Crippen molar-refractivity contribution in [2.75, 3.05) is 18.4 Å². The van der Waals surface area contributed by atoms with Gasteiger partial charge in [0.25, 0.3) is 15.9 Å². The van der Waals surface area contributed by atoms with Gasteiger partial charge in [-0.3, -0.25) is 14.3 Å². The van der Waals surface area contributed by atoms with Crippen molar-refractivity contribution in [3.8, 4) is 5.75 Å². The summed E-state index contributed by atoms with van der Waals surface area (Å²) in [7, 11) is -2.44. The van der Waals surface area contributed by atoms with E-state index in [9.17, 15) is 18.0 Å². The Bertz CT molecular complexity index is 1700. The first-order valence-corrected chi connectivity index (χ1v) is 14.2. The molecule has 0 saturated carbocycles. The summed E-state index contributed by atoms with van der Waals surface area (Å²) in [5.41, 5.74) is 0.741. The van der Waals surface area contributed by atoms with Gasteiger partial charge in [-0.05, 0) is 61.5 Å². The maximum absolute atomic E-state index is 13.1. The third-order valence-corrected chi connectivity index (χ3v) is 8.49. The van der Waals surface area contributed by atoms with E-state index in [4.69, 9.17) is 32.7 Å². The number of carbonyl (C=O) groups is 2. The normalized spacial score (nSPS) is 11.9. The van der Waals surface area contributed by atoms with E-state index in [1.54, 1.807) is 19.1 Å². The number of sulfonamides is 1. The molecule has 0 radical (unpaired) electrons. The maximum Gasteiger partial charge on any atom is 0.326 e. The molecule has 0 saturated heterocycles. The molecule has 3 aromatic carbocycles. The Labute approximate surface area is 232 Å². The van der Waals surface area contributed by atoms with Crippen LogP contribution in [0.4, 0.5) is 5.69 Å². The van der Waals surface area contributed by atoms with Crippen LogP contribution in [0.15, 0.2) is 70.6 Å². The van der Waals surface area contributed by atoms with Gasteiger partial charge in [0.2, 0.25) is 0 Å². The summed E-state index contributed by atoms with van der Waals surface area (Å²) in [5, 5.41) is 0.713. The van der Waals surface area contributed by atoms with E-state index in [-0.39, 0.29) is 34.1 Å².